The molecule has 2 fully saturated rings. The van der Waals surface area contributed by atoms with Crippen molar-refractivity contribution >= 4 is 5.97 Å². The number of carbonyl (C=O) groups is 1. The lowest BCUT2D eigenvalue weighted by Gasteiger charge is -2.29. The summed E-state index contributed by atoms with van der Waals surface area (Å²) in [5.41, 5.74) is 1.43. The lowest BCUT2D eigenvalue weighted by Crippen LogP contribution is -2.38. The maximum atomic E-state index is 12.4. The Hall–Kier alpha value is -1.51. The second-order valence-corrected chi connectivity index (χ2v) is 9.87. The Morgan fingerprint density at radius 1 is 0.806 bits per heavy atom. The molecule has 0 N–H and O–H groups in total. The molecule has 1 aliphatic carbocycles. The Kier molecular flexibility index (Phi) is 10.2. The van der Waals surface area contributed by atoms with Gasteiger partial charge in [0.05, 0.1) is 0 Å². The van der Waals surface area contributed by atoms with Crippen LogP contribution < -0.4 is 4.74 Å². The Bertz CT molecular complexity index is 630. The van der Waals surface area contributed by atoms with Crippen molar-refractivity contribution in [2.24, 2.45) is 5.92 Å². The lowest BCUT2D eigenvalue weighted by molar-refractivity contribution is -0.165. The van der Waals surface area contributed by atoms with Gasteiger partial charge < -0.3 is 9.47 Å². The van der Waals surface area contributed by atoms with Crippen molar-refractivity contribution in [2.75, 3.05) is 0 Å². The normalized spacial score (nSPS) is 26.5. The smallest absolute Gasteiger partial charge is 0.347 e. The SMILES string of the molecule is CCCCCC[C@@H]1CC[C@@H](Oc2ccc(C3CCC(CCCCC)CC3)cc2)C(=O)O1. The lowest BCUT2D eigenvalue weighted by atomic mass is 9.77. The summed E-state index contributed by atoms with van der Waals surface area (Å²) < 4.78 is 11.7. The third-order valence-corrected chi connectivity index (χ3v) is 7.37. The van der Waals surface area contributed by atoms with E-state index in [4.69, 9.17) is 9.47 Å². The van der Waals surface area contributed by atoms with E-state index in [2.05, 4.69) is 26.0 Å². The van der Waals surface area contributed by atoms with Crippen LogP contribution in [0.1, 0.15) is 122 Å². The fraction of sp³-hybridized carbons (Fsp3) is 0.750. The van der Waals surface area contributed by atoms with E-state index in [1.807, 2.05) is 12.1 Å². The van der Waals surface area contributed by atoms with Gasteiger partial charge in [-0.2, -0.15) is 0 Å². The summed E-state index contributed by atoms with van der Waals surface area (Å²) in [7, 11) is 0. The standard InChI is InChI=1S/C28H44O3/c1-3-5-7-9-11-25-20-21-27(28(29)31-25)30-26-18-16-24(17-19-26)23-14-12-22(13-15-23)10-8-6-4-2/h16-19,22-23,25,27H,3-15,20-21H2,1-2H3/t22?,23?,25-,27-/m1/s1. The predicted octanol–water partition coefficient (Wildman–Crippen LogP) is 7.96. The van der Waals surface area contributed by atoms with Gasteiger partial charge in [-0.15, -0.1) is 0 Å². The summed E-state index contributed by atoms with van der Waals surface area (Å²) in [6, 6.07) is 8.52. The van der Waals surface area contributed by atoms with Crippen LogP contribution in [0.3, 0.4) is 0 Å². The zero-order valence-electron chi connectivity index (χ0n) is 20.0. The van der Waals surface area contributed by atoms with Gasteiger partial charge in [0.25, 0.3) is 0 Å². The van der Waals surface area contributed by atoms with Crippen LogP contribution in [0, 0.1) is 5.92 Å². The number of ether oxygens (including phenoxy) is 2. The van der Waals surface area contributed by atoms with Gasteiger partial charge >= 0.3 is 5.97 Å². The van der Waals surface area contributed by atoms with Crippen LogP contribution in [0.2, 0.25) is 0 Å². The van der Waals surface area contributed by atoms with Crippen molar-refractivity contribution < 1.29 is 14.3 Å². The molecule has 3 heteroatoms. The molecular weight excluding hydrogens is 384 g/mol. The summed E-state index contributed by atoms with van der Waals surface area (Å²) in [4.78, 5) is 12.4. The molecular formula is C28H44O3. The van der Waals surface area contributed by atoms with Crippen LogP contribution in [-0.2, 0) is 9.53 Å². The number of esters is 1. The minimum absolute atomic E-state index is 0.0867. The molecule has 0 amide bonds. The third kappa shape index (κ3) is 7.84. The van der Waals surface area contributed by atoms with E-state index < -0.39 is 6.10 Å². The molecule has 0 spiro atoms. The highest BCUT2D eigenvalue weighted by Gasteiger charge is 2.31. The van der Waals surface area contributed by atoms with Crippen molar-refractivity contribution in [1.29, 1.82) is 0 Å². The highest BCUT2D eigenvalue weighted by Crippen LogP contribution is 2.38. The second kappa shape index (κ2) is 13.1. The van der Waals surface area contributed by atoms with E-state index in [1.165, 1.54) is 76.2 Å². The first-order valence-electron chi connectivity index (χ1n) is 13.2. The largest absolute Gasteiger partial charge is 0.479 e. The van der Waals surface area contributed by atoms with Gasteiger partial charge in [-0.3, -0.25) is 0 Å². The highest BCUT2D eigenvalue weighted by molar-refractivity contribution is 5.76. The van der Waals surface area contributed by atoms with Gasteiger partial charge in [0.15, 0.2) is 6.10 Å². The van der Waals surface area contributed by atoms with Gasteiger partial charge in [-0.1, -0.05) is 70.9 Å². The quantitative estimate of drug-likeness (QED) is 0.250. The first-order valence-corrected chi connectivity index (χ1v) is 13.2. The number of benzene rings is 1. The van der Waals surface area contributed by atoms with Crippen LogP contribution in [0.5, 0.6) is 5.75 Å². The summed E-state index contributed by atoms with van der Waals surface area (Å²) in [5.74, 6) is 2.24. The minimum atomic E-state index is -0.448. The molecule has 0 unspecified atom stereocenters. The third-order valence-electron chi connectivity index (χ3n) is 7.37. The number of hydrogen-bond acceptors (Lipinski definition) is 3. The van der Waals surface area contributed by atoms with Crippen LogP contribution in [0.4, 0.5) is 0 Å². The van der Waals surface area contributed by atoms with Gasteiger partial charge in [-0.05, 0) is 80.9 Å². The Balaban J connectivity index is 1.39. The molecule has 174 valence electrons. The average Bonchev–Trinajstić information content (AvgIpc) is 2.80. The number of unbranched alkanes of at least 4 members (excludes halogenated alkanes) is 5. The van der Waals surface area contributed by atoms with Crippen LogP contribution in [0.25, 0.3) is 0 Å². The minimum Gasteiger partial charge on any atom is -0.479 e. The molecule has 0 aromatic heterocycles. The van der Waals surface area contributed by atoms with Crippen molar-refractivity contribution in [2.45, 2.75) is 128 Å². The fourth-order valence-electron chi connectivity index (χ4n) is 5.31. The zero-order chi connectivity index (χ0) is 21.9. The van der Waals surface area contributed by atoms with Crippen LogP contribution in [-0.4, -0.2) is 18.2 Å². The summed E-state index contributed by atoms with van der Waals surface area (Å²) >= 11 is 0. The molecule has 0 radical (unpaired) electrons. The van der Waals surface area contributed by atoms with E-state index in [0.717, 1.165) is 37.4 Å². The monoisotopic (exact) mass is 428 g/mol. The van der Waals surface area contributed by atoms with Gasteiger partial charge in [-0.25, -0.2) is 4.79 Å². The van der Waals surface area contributed by atoms with Crippen LogP contribution >= 0.6 is 0 Å². The van der Waals surface area contributed by atoms with E-state index in [9.17, 15) is 4.79 Å². The van der Waals surface area contributed by atoms with Gasteiger partial charge in [0.1, 0.15) is 11.9 Å². The number of cyclic esters (lactones) is 1. The summed E-state index contributed by atoms with van der Waals surface area (Å²) in [6.45, 7) is 4.50. The van der Waals surface area contributed by atoms with E-state index in [1.54, 1.807) is 0 Å². The maximum Gasteiger partial charge on any atom is 0.347 e. The number of rotatable bonds is 12. The van der Waals surface area contributed by atoms with E-state index in [0.29, 0.717) is 5.92 Å². The first-order chi connectivity index (χ1) is 15.2. The Morgan fingerprint density at radius 2 is 1.48 bits per heavy atom. The predicted molar refractivity (Wildman–Crippen MR) is 128 cm³/mol. The summed E-state index contributed by atoms with van der Waals surface area (Å²) in [6.07, 6.45) is 18.1. The molecule has 3 nitrogen and oxygen atoms in total. The summed E-state index contributed by atoms with van der Waals surface area (Å²) in [5, 5.41) is 0. The molecule has 1 aromatic carbocycles. The molecule has 1 aromatic rings. The van der Waals surface area contributed by atoms with Crippen molar-refractivity contribution in [3.05, 3.63) is 29.8 Å². The highest BCUT2D eigenvalue weighted by atomic mass is 16.6. The molecule has 1 saturated heterocycles. The fourth-order valence-corrected chi connectivity index (χ4v) is 5.31. The van der Waals surface area contributed by atoms with Crippen molar-refractivity contribution in [3.63, 3.8) is 0 Å². The second-order valence-electron chi connectivity index (χ2n) is 9.87. The average molecular weight is 429 g/mol. The van der Waals surface area contributed by atoms with Crippen molar-refractivity contribution in [3.8, 4) is 5.75 Å². The molecule has 2 aliphatic rings. The molecule has 31 heavy (non-hydrogen) atoms. The topological polar surface area (TPSA) is 35.5 Å². The number of carbonyl (C=O) groups excluding carboxylic acids is 1. The number of hydrogen-bond donors (Lipinski definition) is 0. The van der Waals surface area contributed by atoms with Gasteiger partial charge in [0.2, 0.25) is 0 Å². The molecule has 2 atom stereocenters. The molecule has 1 aliphatic heterocycles. The maximum absolute atomic E-state index is 12.4. The van der Waals surface area contributed by atoms with E-state index >= 15 is 0 Å². The van der Waals surface area contributed by atoms with Crippen molar-refractivity contribution in [1.82, 2.24) is 0 Å². The van der Waals surface area contributed by atoms with E-state index in [-0.39, 0.29) is 12.1 Å². The first kappa shape index (κ1) is 24.1. The van der Waals surface area contributed by atoms with Crippen LogP contribution in [0.15, 0.2) is 24.3 Å². The zero-order valence-corrected chi connectivity index (χ0v) is 20.0. The molecule has 1 heterocycles. The van der Waals surface area contributed by atoms with Gasteiger partial charge in [0, 0.05) is 0 Å². The Morgan fingerprint density at radius 3 is 2.16 bits per heavy atom. The Labute approximate surface area is 190 Å². The molecule has 1 saturated carbocycles. The molecule has 3 rings (SSSR count). The molecule has 0 bridgehead atoms.